The molecule has 20 heavy (non-hydrogen) atoms. The van der Waals surface area contributed by atoms with Gasteiger partial charge in [0.1, 0.15) is 0 Å². The predicted octanol–water partition coefficient (Wildman–Crippen LogP) is -0.952. The number of rotatable bonds is 12. The van der Waals surface area contributed by atoms with E-state index in [9.17, 15) is 4.46 Å². The van der Waals surface area contributed by atoms with Crippen molar-refractivity contribution < 1.29 is 49.3 Å². The summed E-state index contributed by atoms with van der Waals surface area (Å²) < 4.78 is 58.9. The molecule has 0 saturated heterocycles. The smallest absolute Gasteiger partial charge is 0.353 e. The van der Waals surface area contributed by atoms with E-state index < -0.39 is 27.3 Å². The first kappa shape index (κ1) is 19.7. The Morgan fingerprint density at radius 1 is 0.600 bits per heavy atom. The van der Waals surface area contributed by atoms with Gasteiger partial charge in [-0.15, -0.1) is 0 Å². The Hall–Kier alpha value is -0.269. The number of hydrogen-bond donors (Lipinski definition) is 0. The highest BCUT2D eigenvalue weighted by molar-refractivity contribution is 6.54. The molecule has 0 N–H and O–H groups in total. The largest absolute Gasteiger partial charge is 0.833 e. The Morgan fingerprint density at radius 2 is 0.850 bits per heavy atom. The molecule has 0 heterocycles. The van der Waals surface area contributed by atoms with Crippen LogP contribution in [-0.2, 0) is 49.3 Å². The summed E-state index contributed by atoms with van der Waals surface area (Å²) in [6, 6.07) is 0. The van der Waals surface area contributed by atoms with Crippen LogP contribution in [0.2, 0.25) is 0 Å². The molecule has 14 heteroatoms. The predicted molar refractivity (Wildman–Crippen MR) is 64.3 cm³/mol. The monoisotopic (exact) mass is 350 g/mol. The zero-order valence-electron chi connectivity index (χ0n) is 12.0. The second-order valence-corrected chi connectivity index (χ2v) is 8.42. The van der Waals surface area contributed by atoms with Crippen molar-refractivity contribution in [1.82, 2.24) is 0 Å². The maximum atomic E-state index is 11.4. The summed E-state index contributed by atoms with van der Waals surface area (Å²) in [5, 5.41) is 0. The highest BCUT2D eigenvalue weighted by atomic mass is 28.4. The van der Waals surface area contributed by atoms with Gasteiger partial charge in [-0.25, -0.2) is 0 Å². The summed E-state index contributed by atoms with van der Waals surface area (Å²) in [5.41, 5.74) is 0. The average molecular weight is 350 g/mol. The first-order chi connectivity index (χ1) is 9.46. The van der Waals surface area contributed by atoms with Crippen molar-refractivity contribution in [3.05, 3.63) is 0 Å². The second-order valence-electron chi connectivity index (χ2n) is 2.81. The Morgan fingerprint density at radius 3 is 1.05 bits per heavy atom. The highest BCUT2D eigenvalue weighted by Gasteiger charge is 2.49. The van der Waals surface area contributed by atoms with Gasteiger partial charge in [-0.3, -0.25) is 4.46 Å². The van der Waals surface area contributed by atoms with Crippen LogP contribution >= 0.6 is 0 Å². The zero-order valence-corrected chi connectivity index (χ0v) is 15.0. The van der Waals surface area contributed by atoms with Crippen LogP contribution in [0.5, 0.6) is 0 Å². The summed E-state index contributed by atoms with van der Waals surface area (Å²) in [7, 11) is -2.57. The quantitative estimate of drug-likeness (QED) is 0.247. The van der Waals surface area contributed by atoms with Gasteiger partial charge in [0, 0.05) is 42.7 Å². The Balaban J connectivity index is 4.30. The lowest BCUT2D eigenvalue weighted by molar-refractivity contribution is -0.260. The highest BCUT2D eigenvalue weighted by Crippen LogP contribution is 2.10. The van der Waals surface area contributed by atoms with E-state index in [4.69, 9.17) is 35.7 Å². The van der Waals surface area contributed by atoms with E-state index in [2.05, 4.69) is 9.15 Å². The van der Waals surface area contributed by atoms with Crippen LogP contribution in [0, 0.1) is 0 Å². The fraction of sp³-hybridized carbons (Fsp3) is 1.00. The standard InChI is InChI=1S/C6H18O11Si3/c1-8-19(9-2,10-3)16-14-18(7)15-17-20(11-4,12-5)13-6/h1-6H3. The normalized spacial score (nSPS) is 12.3. The van der Waals surface area contributed by atoms with E-state index in [0.29, 0.717) is 0 Å². The van der Waals surface area contributed by atoms with E-state index >= 15 is 0 Å². The third-order valence-corrected chi connectivity index (χ3v) is 6.27. The van der Waals surface area contributed by atoms with Gasteiger partial charge in [0.25, 0.3) is 0 Å². The molecule has 0 aliphatic carbocycles. The van der Waals surface area contributed by atoms with E-state index in [1.165, 1.54) is 42.7 Å². The lowest BCUT2D eigenvalue weighted by atomic mass is 11.8. The summed E-state index contributed by atoms with van der Waals surface area (Å²) in [6.07, 6.45) is 0. The van der Waals surface area contributed by atoms with Gasteiger partial charge in [0.2, 0.25) is 0 Å². The van der Waals surface area contributed by atoms with Gasteiger partial charge >= 0.3 is 27.3 Å². The third-order valence-electron chi connectivity index (χ3n) is 1.92. The lowest BCUT2D eigenvalue weighted by Gasteiger charge is -2.22. The Bertz CT molecular complexity index is 239. The Kier molecular flexibility index (Phi) is 9.50. The average Bonchev–Trinajstić information content (AvgIpc) is 2.51. The van der Waals surface area contributed by atoms with E-state index in [1.807, 2.05) is 0 Å². The summed E-state index contributed by atoms with van der Waals surface area (Å²) in [6.45, 7) is 0. The minimum atomic E-state index is -3.49. The molecule has 0 aromatic rings. The van der Waals surface area contributed by atoms with Crippen LogP contribution in [0.1, 0.15) is 0 Å². The maximum Gasteiger partial charge on any atom is 0.833 e. The van der Waals surface area contributed by atoms with Crippen LogP contribution in [0.15, 0.2) is 0 Å². The van der Waals surface area contributed by atoms with E-state index in [-0.39, 0.29) is 0 Å². The molecule has 0 aromatic carbocycles. The molecule has 0 aliphatic heterocycles. The van der Waals surface area contributed by atoms with Crippen LogP contribution in [0.4, 0.5) is 0 Å². The molecule has 0 bridgehead atoms. The maximum absolute atomic E-state index is 11.4. The van der Waals surface area contributed by atoms with Gasteiger partial charge in [-0.2, -0.15) is 9.15 Å². The fourth-order valence-corrected chi connectivity index (χ4v) is 3.68. The minimum Gasteiger partial charge on any atom is -0.353 e. The van der Waals surface area contributed by atoms with Gasteiger partial charge in [-0.05, 0) is 0 Å². The fourth-order valence-electron chi connectivity index (χ4n) is 0.888. The molecule has 0 aliphatic rings. The summed E-state index contributed by atoms with van der Waals surface area (Å²) in [4.78, 5) is 0. The molecule has 120 valence electrons. The van der Waals surface area contributed by atoms with Crippen molar-refractivity contribution >= 4 is 27.3 Å². The zero-order chi connectivity index (χ0) is 15.6. The van der Waals surface area contributed by atoms with Crippen molar-refractivity contribution in [1.29, 1.82) is 0 Å². The summed E-state index contributed by atoms with van der Waals surface area (Å²) >= 11 is 0. The summed E-state index contributed by atoms with van der Waals surface area (Å²) in [5.74, 6) is 0. The van der Waals surface area contributed by atoms with Crippen LogP contribution < -0.4 is 0 Å². The molecule has 0 fully saturated rings. The van der Waals surface area contributed by atoms with Crippen LogP contribution in [0.3, 0.4) is 0 Å². The second kappa shape index (κ2) is 9.63. The molecule has 0 saturated carbocycles. The van der Waals surface area contributed by atoms with Gasteiger partial charge in [0.15, 0.2) is 0 Å². The molecule has 0 amide bonds. The molecule has 0 spiro atoms. The van der Waals surface area contributed by atoms with Crippen molar-refractivity contribution in [2.45, 2.75) is 0 Å². The molecule has 11 nitrogen and oxygen atoms in total. The first-order valence-corrected chi connectivity index (χ1v) is 9.52. The van der Waals surface area contributed by atoms with Crippen molar-refractivity contribution in [3.63, 3.8) is 0 Å². The van der Waals surface area contributed by atoms with E-state index in [0.717, 1.165) is 0 Å². The third kappa shape index (κ3) is 5.61. The molecule has 0 rings (SSSR count). The number of hydrogen-bond acceptors (Lipinski definition) is 11. The van der Waals surface area contributed by atoms with Crippen molar-refractivity contribution in [2.24, 2.45) is 0 Å². The molecule has 0 radical (unpaired) electrons. The minimum absolute atomic E-state index is 1.27. The molecular weight excluding hydrogens is 332 g/mol. The lowest BCUT2D eigenvalue weighted by Crippen LogP contribution is -2.49. The van der Waals surface area contributed by atoms with Gasteiger partial charge < -0.3 is 35.7 Å². The molecule has 0 unspecified atom stereocenters. The SMILES string of the molecule is CO[Si](OC)(OC)OO[Si](=O)OO[Si](OC)(OC)OC. The van der Waals surface area contributed by atoms with Crippen LogP contribution in [0.25, 0.3) is 0 Å². The van der Waals surface area contributed by atoms with E-state index in [1.54, 1.807) is 0 Å². The van der Waals surface area contributed by atoms with Crippen molar-refractivity contribution in [3.8, 4) is 0 Å². The van der Waals surface area contributed by atoms with Crippen LogP contribution in [-0.4, -0.2) is 69.9 Å². The molecule has 0 atom stereocenters. The van der Waals surface area contributed by atoms with Crippen molar-refractivity contribution in [2.75, 3.05) is 42.7 Å². The molecular formula is C6H18O11Si3. The topological polar surface area (TPSA) is 109 Å². The first-order valence-electron chi connectivity index (χ1n) is 5.03. The van der Waals surface area contributed by atoms with Gasteiger partial charge in [-0.1, -0.05) is 0 Å². The molecule has 0 aromatic heterocycles. The Labute approximate surface area is 120 Å². The van der Waals surface area contributed by atoms with Gasteiger partial charge in [0.05, 0.1) is 0 Å².